The maximum Gasteiger partial charge on any atom is 0.160 e. The first-order chi connectivity index (χ1) is 25.9. The van der Waals surface area contributed by atoms with E-state index in [0.717, 1.165) is 50.7 Å². The molecule has 0 radical (unpaired) electrons. The fourth-order valence-electron chi connectivity index (χ4n) is 6.96. The molecule has 2 heterocycles. The average molecular weight is 704 g/mol. The van der Waals surface area contributed by atoms with Crippen LogP contribution in [-0.4, -0.2) is 14.5 Å². The molecule has 54 heavy (non-hydrogen) atoms. The van der Waals surface area contributed by atoms with Crippen LogP contribution in [0.4, 0.5) is 0 Å². The molecule has 0 unspecified atom stereocenters. The second kappa shape index (κ2) is 14.8. The smallest absolute Gasteiger partial charge is 0.160 e. The lowest BCUT2D eigenvalue weighted by molar-refractivity contribution is 0.590. The Labute approximate surface area is 320 Å². The third-order valence-electron chi connectivity index (χ3n) is 9.94. The molecule has 0 aliphatic rings. The van der Waals surface area contributed by atoms with Gasteiger partial charge >= 0.3 is 0 Å². The average Bonchev–Trinajstić information content (AvgIpc) is 3.51. The van der Waals surface area contributed by atoms with Crippen molar-refractivity contribution < 1.29 is 0 Å². The zero-order chi connectivity index (χ0) is 38.0. The number of hydrogen-bond donors (Lipinski definition) is 0. The van der Waals surface area contributed by atoms with E-state index >= 15 is 0 Å². The van der Waals surface area contributed by atoms with Crippen molar-refractivity contribution in [3.63, 3.8) is 0 Å². The summed E-state index contributed by atoms with van der Waals surface area (Å²) in [5.74, 6) is 0.720. The molecular weight excluding hydrogens is 655 g/mol. The van der Waals surface area contributed by atoms with Crippen LogP contribution in [0.3, 0.4) is 0 Å². The number of fused-ring (bicyclic) bond motifs is 3. The van der Waals surface area contributed by atoms with E-state index in [0.29, 0.717) is 0 Å². The lowest BCUT2D eigenvalue weighted by Gasteiger charge is -2.19. The van der Waals surface area contributed by atoms with Gasteiger partial charge in [0, 0.05) is 33.2 Å². The van der Waals surface area contributed by atoms with Crippen molar-refractivity contribution in [1.82, 2.24) is 14.5 Å². The van der Waals surface area contributed by atoms with Crippen LogP contribution in [0, 0.1) is 0 Å². The Balaban J connectivity index is 0.00000145. The van der Waals surface area contributed by atoms with Crippen LogP contribution in [0.5, 0.6) is 0 Å². The predicted octanol–water partition coefficient (Wildman–Crippen LogP) is 14.0. The minimum Gasteiger partial charge on any atom is -0.309 e. The van der Waals surface area contributed by atoms with Crippen LogP contribution in [-0.2, 0) is 10.8 Å². The van der Waals surface area contributed by atoms with Crippen molar-refractivity contribution in [3.8, 4) is 50.7 Å². The Bertz CT molecular complexity index is 2430. The molecule has 0 bridgehead atoms. The van der Waals surface area contributed by atoms with Gasteiger partial charge in [-0.15, -0.1) is 6.58 Å². The summed E-state index contributed by atoms with van der Waals surface area (Å²) in [4.78, 5) is 10.0. The van der Waals surface area contributed by atoms with E-state index in [-0.39, 0.29) is 10.8 Å². The van der Waals surface area contributed by atoms with Gasteiger partial charge in [-0.3, -0.25) is 0 Å². The summed E-state index contributed by atoms with van der Waals surface area (Å²) in [7, 11) is 0. The van der Waals surface area contributed by atoms with Gasteiger partial charge in [-0.2, -0.15) is 0 Å². The number of nitrogens with zero attached hydrogens (tertiary/aromatic N) is 3. The van der Waals surface area contributed by atoms with E-state index in [1.165, 1.54) is 32.9 Å². The molecule has 0 saturated carbocycles. The van der Waals surface area contributed by atoms with Gasteiger partial charge in [0.2, 0.25) is 0 Å². The van der Waals surface area contributed by atoms with Crippen molar-refractivity contribution in [2.45, 2.75) is 59.3 Å². The molecule has 2 aromatic heterocycles. The molecule has 0 aliphatic heterocycles. The van der Waals surface area contributed by atoms with Crippen LogP contribution in [0.25, 0.3) is 72.5 Å². The molecule has 0 saturated heterocycles. The quantitative estimate of drug-likeness (QED) is 0.167. The third-order valence-corrected chi connectivity index (χ3v) is 9.94. The van der Waals surface area contributed by atoms with E-state index in [4.69, 9.17) is 9.97 Å². The number of rotatable bonds is 5. The second-order valence-corrected chi connectivity index (χ2v) is 16.0. The molecule has 0 atom stereocenters. The van der Waals surface area contributed by atoms with Gasteiger partial charge in [0.15, 0.2) is 5.82 Å². The molecule has 8 rings (SSSR count). The van der Waals surface area contributed by atoms with Gasteiger partial charge in [-0.05, 0) is 88.5 Å². The van der Waals surface area contributed by atoms with Gasteiger partial charge in [0.05, 0.1) is 22.4 Å². The van der Waals surface area contributed by atoms with Gasteiger partial charge in [0.25, 0.3) is 0 Å². The first-order valence-corrected chi connectivity index (χ1v) is 18.8. The number of hydrogen-bond acceptors (Lipinski definition) is 2. The Morgan fingerprint density at radius 3 is 1.44 bits per heavy atom. The summed E-state index contributed by atoms with van der Waals surface area (Å²) in [5, 5.41) is 2.60. The first-order valence-electron chi connectivity index (χ1n) is 18.8. The molecule has 0 spiro atoms. The molecule has 0 N–H and O–H groups in total. The Kier molecular flexibility index (Phi) is 9.92. The summed E-state index contributed by atoms with van der Waals surface area (Å²) < 4.78 is 2.42. The van der Waals surface area contributed by atoms with Crippen molar-refractivity contribution >= 4 is 21.8 Å². The van der Waals surface area contributed by atoms with Crippen LogP contribution in [0.1, 0.15) is 59.6 Å². The molecule has 0 amide bonds. The third kappa shape index (κ3) is 7.40. The highest BCUT2D eigenvalue weighted by Gasteiger charge is 2.21. The fourth-order valence-corrected chi connectivity index (χ4v) is 6.96. The largest absolute Gasteiger partial charge is 0.309 e. The Hall–Kier alpha value is -6.06. The highest BCUT2D eigenvalue weighted by molar-refractivity contribution is 6.10. The molecule has 3 heteroatoms. The maximum atomic E-state index is 5.07. The summed E-state index contributed by atoms with van der Waals surface area (Å²) in [5.41, 5.74) is 13.7. The predicted molar refractivity (Wildman–Crippen MR) is 231 cm³/mol. The zero-order valence-electron chi connectivity index (χ0n) is 32.6. The van der Waals surface area contributed by atoms with Crippen molar-refractivity contribution in [2.24, 2.45) is 0 Å². The van der Waals surface area contributed by atoms with Crippen LogP contribution in [0.2, 0.25) is 0 Å². The molecule has 6 aromatic carbocycles. The van der Waals surface area contributed by atoms with Gasteiger partial charge < -0.3 is 4.57 Å². The highest BCUT2D eigenvalue weighted by atomic mass is 15.0. The summed E-state index contributed by atoms with van der Waals surface area (Å²) in [6.07, 6.45) is 1.75. The number of aromatic nitrogens is 3. The second-order valence-electron chi connectivity index (χ2n) is 16.0. The van der Waals surface area contributed by atoms with Gasteiger partial charge in [-0.25, -0.2) is 9.97 Å². The van der Waals surface area contributed by atoms with E-state index in [9.17, 15) is 0 Å². The van der Waals surface area contributed by atoms with Crippen molar-refractivity contribution in [3.05, 3.63) is 175 Å². The summed E-state index contributed by atoms with van der Waals surface area (Å²) in [6, 6.07) is 54.3. The summed E-state index contributed by atoms with van der Waals surface area (Å²) >= 11 is 0. The monoisotopic (exact) mass is 703 g/mol. The minimum atomic E-state index is 0.0679. The highest BCUT2D eigenvalue weighted by Crippen LogP contribution is 2.38. The topological polar surface area (TPSA) is 30.7 Å². The molecule has 0 aliphatic carbocycles. The van der Waals surface area contributed by atoms with E-state index in [1.807, 2.05) is 31.2 Å². The molecule has 268 valence electrons. The normalized spacial score (nSPS) is 11.7. The minimum absolute atomic E-state index is 0.0679. The maximum absolute atomic E-state index is 5.07. The zero-order valence-corrected chi connectivity index (χ0v) is 32.6. The molecule has 3 nitrogen and oxygen atoms in total. The SMILES string of the molecule is C=CC.CC(C)(C)c1ccc2c(c1)c1cc(C(C)(C)C)ccc1n2-c1ccc(-c2cccc(-c3cc(-c4ccccc4)nc(-c4ccccc4)n3)c2)cc1. The fraction of sp³-hybridized carbons (Fsp3) is 0.176. The van der Waals surface area contributed by atoms with E-state index in [1.54, 1.807) is 6.08 Å². The van der Waals surface area contributed by atoms with Gasteiger partial charge in [-0.1, -0.05) is 151 Å². The van der Waals surface area contributed by atoms with Crippen molar-refractivity contribution in [1.29, 1.82) is 0 Å². The first kappa shape index (κ1) is 36.3. The number of allylic oxidation sites excluding steroid dienone is 1. The lowest BCUT2D eigenvalue weighted by atomic mass is 9.85. The van der Waals surface area contributed by atoms with Crippen molar-refractivity contribution in [2.75, 3.05) is 0 Å². The van der Waals surface area contributed by atoms with Crippen LogP contribution in [0.15, 0.2) is 164 Å². The molecule has 8 aromatic rings. The van der Waals surface area contributed by atoms with Crippen LogP contribution >= 0.6 is 0 Å². The lowest BCUT2D eigenvalue weighted by Crippen LogP contribution is -2.10. The van der Waals surface area contributed by atoms with E-state index < -0.39 is 0 Å². The molecule has 0 fully saturated rings. The molecular formula is C51H49N3. The number of benzene rings is 6. The van der Waals surface area contributed by atoms with Crippen LogP contribution < -0.4 is 0 Å². The Morgan fingerprint density at radius 1 is 0.463 bits per heavy atom. The van der Waals surface area contributed by atoms with Gasteiger partial charge in [0.1, 0.15) is 0 Å². The Morgan fingerprint density at radius 2 is 0.926 bits per heavy atom. The standard InChI is InChI=1S/C48H43N3.C3H6/c1-47(2,3)37-22-26-44-40(29-37)41-30-38(48(4,5)6)23-27-45(41)51(44)39-24-20-32(21-25-39)35-18-13-19-36(28-35)43-31-42(33-14-9-7-10-15-33)49-46(50-43)34-16-11-8-12-17-34;1-3-2/h7-31H,1-6H3;3H,1H2,2H3. The summed E-state index contributed by atoms with van der Waals surface area (Å²) in [6.45, 7) is 19.0. The van der Waals surface area contributed by atoms with E-state index in [2.05, 4.69) is 180 Å².